The first-order valence-electron chi connectivity index (χ1n) is 7.39. The van der Waals surface area contributed by atoms with Gasteiger partial charge in [0, 0.05) is 19.1 Å². The minimum atomic E-state index is -2.89. The van der Waals surface area contributed by atoms with Crippen LogP contribution in [0.4, 0.5) is 19.3 Å². The average Bonchev–Trinajstić information content (AvgIpc) is 3.00. The third kappa shape index (κ3) is 4.97. The molecule has 7 nitrogen and oxygen atoms in total. The highest BCUT2D eigenvalue weighted by atomic mass is 19.3. The number of alkyl carbamates (subject to hydrolysis) is 1. The van der Waals surface area contributed by atoms with Crippen molar-refractivity contribution in [2.24, 2.45) is 0 Å². The number of para-hydroxylation sites is 2. The summed E-state index contributed by atoms with van der Waals surface area (Å²) in [5.41, 5.74) is 0.558. The van der Waals surface area contributed by atoms with Crippen LogP contribution in [0.15, 0.2) is 24.3 Å². The highest BCUT2D eigenvalue weighted by Gasteiger charge is 2.26. The number of benzene rings is 1. The van der Waals surface area contributed by atoms with Crippen molar-refractivity contribution < 1.29 is 27.8 Å². The Morgan fingerprint density at radius 3 is 2.83 bits per heavy atom. The number of amides is 2. The molecule has 2 N–H and O–H groups in total. The van der Waals surface area contributed by atoms with E-state index in [1.807, 2.05) is 4.90 Å². The molecular formula is C15H19F2N3O4. The van der Waals surface area contributed by atoms with Crippen LogP contribution >= 0.6 is 0 Å². The largest absolute Gasteiger partial charge is 0.453 e. The van der Waals surface area contributed by atoms with Crippen molar-refractivity contribution in [1.82, 2.24) is 10.6 Å². The predicted molar refractivity (Wildman–Crippen MR) is 82.2 cm³/mol. The molecule has 24 heavy (non-hydrogen) atoms. The zero-order chi connectivity index (χ0) is 17.5. The van der Waals surface area contributed by atoms with Gasteiger partial charge in [-0.25, -0.2) is 4.79 Å². The van der Waals surface area contributed by atoms with Crippen LogP contribution in [0, 0.1) is 0 Å². The number of hydrogen-bond acceptors (Lipinski definition) is 5. The number of nitrogens with one attached hydrogen (secondary N) is 2. The molecule has 0 radical (unpaired) electrons. The fourth-order valence-electron chi connectivity index (χ4n) is 2.51. The lowest BCUT2D eigenvalue weighted by Gasteiger charge is -2.22. The molecule has 0 saturated carbocycles. The van der Waals surface area contributed by atoms with Gasteiger partial charge in [-0.05, 0) is 18.6 Å². The topological polar surface area (TPSA) is 79.9 Å². The summed E-state index contributed by atoms with van der Waals surface area (Å²) < 4.78 is 33.9. The van der Waals surface area contributed by atoms with E-state index >= 15 is 0 Å². The molecule has 1 atom stereocenters. The Hall–Kier alpha value is -2.58. The lowest BCUT2D eigenvalue weighted by molar-refractivity contribution is -0.120. The number of nitrogens with zero attached hydrogens (tertiary/aromatic N) is 1. The van der Waals surface area contributed by atoms with Crippen LogP contribution in [-0.2, 0) is 9.53 Å². The number of halogens is 2. The molecule has 1 fully saturated rings. The standard InChI is InChI=1S/C15H19F2N3O4/c1-23-15(22)18-8-13(21)19-10-6-7-20(9-10)11-4-2-3-5-12(11)24-14(16)17/h2-5,10,14H,6-9H2,1H3,(H,18,22)(H,19,21)/t10-/m1/s1. The quantitative estimate of drug-likeness (QED) is 0.815. The molecule has 0 bridgehead atoms. The van der Waals surface area contributed by atoms with Crippen molar-refractivity contribution >= 4 is 17.7 Å². The molecule has 1 aliphatic heterocycles. The van der Waals surface area contributed by atoms with Gasteiger partial charge in [0.1, 0.15) is 12.3 Å². The predicted octanol–water partition coefficient (Wildman–Crippen LogP) is 1.34. The summed E-state index contributed by atoms with van der Waals surface area (Å²) in [6.45, 7) is -2.02. The zero-order valence-corrected chi connectivity index (χ0v) is 13.1. The SMILES string of the molecule is COC(=O)NCC(=O)N[C@@H]1CCN(c2ccccc2OC(F)F)C1. The van der Waals surface area contributed by atoms with Crippen molar-refractivity contribution in [1.29, 1.82) is 0 Å². The molecule has 2 amide bonds. The number of hydrogen-bond donors (Lipinski definition) is 2. The van der Waals surface area contributed by atoms with Crippen LogP contribution in [0.1, 0.15) is 6.42 Å². The second kappa shape index (κ2) is 8.32. The number of methoxy groups -OCH3 is 1. The second-order valence-electron chi connectivity index (χ2n) is 5.19. The van der Waals surface area contributed by atoms with Gasteiger partial charge in [0.25, 0.3) is 0 Å². The van der Waals surface area contributed by atoms with E-state index in [1.165, 1.54) is 13.2 Å². The number of carbonyl (C=O) groups is 2. The van der Waals surface area contributed by atoms with Gasteiger partial charge >= 0.3 is 12.7 Å². The Morgan fingerprint density at radius 2 is 2.12 bits per heavy atom. The Bertz CT molecular complexity index is 586. The van der Waals surface area contributed by atoms with E-state index in [2.05, 4.69) is 20.1 Å². The van der Waals surface area contributed by atoms with E-state index in [4.69, 9.17) is 0 Å². The summed E-state index contributed by atoms with van der Waals surface area (Å²) in [6, 6.07) is 6.39. The molecule has 0 aliphatic carbocycles. The van der Waals surface area contributed by atoms with Crippen LogP contribution in [0.25, 0.3) is 0 Å². The Labute approximate surface area is 137 Å². The summed E-state index contributed by atoms with van der Waals surface area (Å²) in [6.07, 6.45) is -0.0243. The fourth-order valence-corrected chi connectivity index (χ4v) is 2.51. The highest BCUT2D eigenvalue weighted by molar-refractivity contribution is 5.82. The number of rotatable bonds is 6. The van der Waals surface area contributed by atoms with Crippen LogP contribution in [0.5, 0.6) is 5.75 Å². The van der Waals surface area contributed by atoms with E-state index < -0.39 is 12.7 Å². The van der Waals surface area contributed by atoms with Crippen molar-refractivity contribution in [3.8, 4) is 5.75 Å². The number of anilines is 1. The van der Waals surface area contributed by atoms with E-state index in [1.54, 1.807) is 18.2 Å². The van der Waals surface area contributed by atoms with Gasteiger partial charge in [-0.15, -0.1) is 0 Å². The molecule has 1 saturated heterocycles. The van der Waals surface area contributed by atoms with E-state index in [0.29, 0.717) is 25.2 Å². The molecule has 2 rings (SSSR count). The van der Waals surface area contributed by atoms with Crippen molar-refractivity contribution in [2.75, 3.05) is 31.6 Å². The first-order valence-corrected chi connectivity index (χ1v) is 7.39. The maximum atomic E-state index is 12.5. The maximum absolute atomic E-state index is 12.5. The van der Waals surface area contributed by atoms with Crippen LogP contribution in [-0.4, -0.2) is 51.4 Å². The molecular weight excluding hydrogens is 324 g/mol. The van der Waals surface area contributed by atoms with Crippen LogP contribution in [0.3, 0.4) is 0 Å². The molecule has 0 aromatic heterocycles. The van der Waals surface area contributed by atoms with Gasteiger partial charge in [0.05, 0.1) is 12.8 Å². The fraction of sp³-hybridized carbons (Fsp3) is 0.467. The Morgan fingerprint density at radius 1 is 1.38 bits per heavy atom. The smallest absolute Gasteiger partial charge is 0.407 e. The van der Waals surface area contributed by atoms with Gasteiger partial charge in [-0.3, -0.25) is 4.79 Å². The summed E-state index contributed by atoms with van der Waals surface area (Å²) >= 11 is 0. The third-order valence-corrected chi connectivity index (χ3v) is 3.55. The second-order valence-corrected chi connectivity index (χ2v) is 5.19. The maximum Gasteiger partial charge on any atom is 0.407 e. The normalized spacial score (nSPS) is 16.8. The van der Waals surface area contributed by atoms with Gasteiger partial charge < -0.3 is 25.0 Å². The van der Waals surface area contributed by atoms with Crippen molar-refractivity contribution in [2.45, 2.75) is 19.1 Å². The van der Waals surface area contributed by atoms with Gasteiger partial charge in [0.2, 0.25) is 5.91 Å². The minimum absolute atomic E-state index is 0.104. The first kappa shape index (κ1) is 17.8. The first-order chi connectivity index (χ1) is 11.5. The highest BCUT2D eigenvalue weighted by Crippen LogP contribution is 2.31. The summed E-state index contributed by atoms with van der Waals surface area (Å²) in [7, 11) is 1.21. The molecule has 1 aromatic carbocycles. The summed E-state index contributed by atoms with van der Waals surface area (Å²) in [5, 5.41) is 5.07. The lowest BCUT2D eigenvalue weighted by Crippen LogP contribution is -2.43. The monoisotopic (exact) mass is 343 g/mol. The van der Waals surface area contributed by atoms with Gasteiger partial charge in [-0.2, -0.15) is 8.78 Å². The number of carbonyl (C=O) groups excluding carboxylic acids is 2. The summed E-state index contributed by atoms with van der Waals surface area (Å²) in [5.74, 6) is -0.240. The average molecular weight is 343 g/mol. The number of ether oxygens (including phenoxy) is 2. The molecule has 0 spiro atoms. The van der Waals surface area contributed by atoms with Crippen molar-refractivity contribution in [3.05, 3.63) is 24.3 Å². The van der Waals surface area contributed by atoms with Crippen molar-refractivity contribution in [3.63, 3.8) is 0 Å². The lowest BCUT2D eigenvalue weighted by atomic mass is 10.2. The molecule has 9 heteroatoms. The Balaban J connectivity index is 1.89. The Kier molecular flexibility index (Phi) is 6.16. The molecule has 0 unspecified atom stereocenters. The molecule has 1 heterocycles. The van der Waals surface area contributed by atoms with E-state index in [9.17, 15) is 18.4 Å². The van der Waals surface area contributed by atoms with E-state index in [0.717, 1.165) is 0 Å². The third-order valence-electron chi connectivity index (χ3n) is 3.55. The minimum Gasteiger partial charge on any atom is -0.453 e. The zero-order valence-electron chi connectivity index (χ0n) is 13.1. The molecule has 1 aromatic rings. The van der Waals surface area contributed by atoms with Crippen LogP contribution in [0.2, 0.25) is 0 Å². The molecule has 132 valence electrons. The summed E-state index contributed by atoms with van der Waals surface area (Å²) in [4.78, 5) is 24.5. The number of alkyl halides is 2. The van der Waals surface area contributed by atoms with E-state index in [-0.39, 0.29) is 24.2 Å². The molecule has 1 aliphatic rings. The van der Waals surface area contributed by atoms with Gasteiger partial charge in [-0.1, -0.05) is 12.1 Å². The van der Waals surface area contributed by atoms with Crippen LogP contribution < -0.4 is 20.3 Å². The van der Waals surface area contributed by atoms with Gasteiger partial charge in [0.15, 0.2) is 0 Å².